The lowest BCUT2D eigenvalue weighted by Gasteiger charge is -2.45. The van der Waals surface area contributed by atoms with Crippen molar-refractivity contribution in [1.82, 2.24) is 0 Å². The van der Waals surface area contributed by atoms with E-state index < -0.39 is 8.32 Å². The fourth-order valence-corrected chi connectivity index (χ4v) is 9.92. The van der Waals surface area contributed by atoms with Gasteiger partial charge in [0.05, 0.1) is 6.10 Å². The quantitative estimate of drug-likeness (QED) is 0.173. The van der Waals surface area contributed by atoms with Crippen molar-refractivity contribution >= 4 is 8.32 Å². The molecule has 0 heterocycles. The Morgan fingerprint density at radius 2 is 1.29 bits per heavy atom. The van der Waals surface area contributed by atoms with Gasteiger partial charge in [0, 0.05) is 0 Å². The van der Waals surface area contributed by atoms with Crippen LogP contribution in [0.2, 0.25) is 16.6 Å². The van der Waals surface area contributed by atoms with E-state index in [0.29, 0.717) is 16.6 Å². The van der Waals surface area contributed by atoms with Gasteiger partial charge in [0.25, 0.3) is 0 Å². The Morgan fingerprint density at radius 3 is 1.71 bits per heavy atom. The fraction of sp³-hybridized carbons (Fsp3) is 0.909. The average molecular weight is 355 g/mol. The predicted molar refractivity (Wildman–Crippen MR) is 113 cm³/mol. The molecule has 0 aliphatic carbocycles. The second-order valence-corrected chi connectivity index (χ2v) is 13.9. The van der Waals surface area contributed by atoms with Gasteiger partial charge in [-0.2, -0.15) is 0 Å². The average Bonchev–Trinajstić information content (AvgIpc) is 2.50. The number of unbranched alkanes of at least 4 members (excludes halogenated alkanes) is 4. The molecule has 0 N–H and O–H groups in total. The zero-order valence-electron chi connectivity index (χ0n) is 18.1. The molecule has 144 valence electrons. The van der Waals surface area contributed by atoms with Gasteiger partial charge in [0.2, 0.25) is 8.32 Å². The first-order chi connectivity index (χ1) is 11.2. The minimum Gasteiger partial charge on any atom is -0.409 e. The molecule has 0 spiro atoms. The Kier molecular flexibility index (Phi) is 12.3. The van der Waals surface area contributed by atoms with Crippen LogP contribution in [0.15, 0.2) is 12.2 Å². The molecule has 24 heavy (non-hydrogen) atoms. The van der Waals surface area contributed by atoms with E-state index in [1.165, 1.54) is 50.5 Å². The normalized spacial score (nSPS) is 14.0. The van der Waals surface area contributed by atoms with Crippen LogP contribution >= 0.6 is 0 Å². The summed E-state index contributed by atoms with van der Waals surface area (Å²) in [5.74, 6) is 0. The third-order valence-corrected chi connectivity index (χ3v) is 11.8. The van der Waals surface area contributed by atoms with Gasteiger partial charge in [-0.05, 0) is 35.9 Å². The summed E-state index contributed by atoms with van der Waals surface area (Å²) in [7, 11) is -1.82. The van der Waals surface area contributed by atoms with Gasteiger partial charge in [0.1, 0.15) is 0 Å². The van der Waals surface area contributed by atoms with Crippen molar-refractivity contribution in [3.05, 3.63) is 12.2 Å². The topological polar surface area (TPSA) is 9.23 Å². The second-order valence-electron chi connectivity index (χ2n) is 8.54. The fourth-order valence-electron chi connectivity index (χ4n) is 4.32. The summed E-state index contributed by atoms with van der Waals surface area (Å²) in [5.41, 5.74) is 3.30. The van der Waals surface area contributed by atoms with E-state index in [4.69, 9.17) is 4.43 Å². The molecule has 0 saturated carbocycles. The first kappa shape index (κ1) is 23.9. The summed E-state index contributed by atoms with van der Waals surface area (Å²) >= 11 is 0. The number of hydrogen-bond acceptors (Lipinski definition) is 1. The number of hydrogen-bond donors (Lipinski definition) is 0. The van der Waals surface area contributed by atoms with Gasteiger partial charge in [-0.3, -0.25) is 0 Å². The van der Waals surface area contributed by atoms with Gasteiger partial charge in [-0.1, -0.05) is 99.6 Å². The molecule has 0 aliphatic rings. The van der Waals surface area contributed by atoms with Crippen LogP contribution in [0.4, 0.5) is 0 Å². The van der Waals surface area contributed by atoms with Crippen molar-refractivity contribution in [3.63, 3.8) is 0 Å². The SMILES string of the molecule is C=C(CCCC)C(CCCCCC)O[Si](C(C)C)(C(C)C)C(C)C. The van der Waals surface area contributed by atoms with Crippen LogP contribution in [0, 0.1) is 0 Å². The molecule has 1 atom stereocenters. The zero-order valence-corrected chi connectivity index (χ0v) is 19.1. The van der Waals surface area contributed by atoms with Crippen LogP contribution in [0.3, 0.4) is 0 Å². The lowest BCUT2D eigenvalue weighted by atomic mass is 10.00. The molecule has 0 radical (unpaired) electrons. The van der Waals surface area contributed by atoms with Crippen molar-refractivity contribution in [3.8, 4) is 0 Å². The summed E-state index contributed by atoms with van der Waals surface area (Å²) in [6.45, 7) is 23.3. The van der Waals surface area contributed by atoms with Crippen molar-refractivity contribution < 1.29 is 4.43 Å². The maximum absolute atomic E-state index is 7.10. The maximum atomic E-state index is 7.10. The molecule has 0 aliphatic heterocycles. The van der Waals surface area contributed by atoms with E-state index in [1.807, 2.05) is 0 Å². The van der Waals surface area contributed by atoms with E-state index in [0.717, 1.165) is 6.42 Å². The number of rotatable bonds is 14. The highest BCUT2D eigenvalue weighted by molar-refractivity contribution is 6.77. The molecule has 0 saturated heterocycles. The molecular weight excluding hydrogens is 308 g/mol. The van der Waals surface area contributed by atoms with Crippen LogP contribution < -0.4 is 0 Å². The third kappa shape index (κ3) is 7.04. The van der Waals surface area contributed by atoms with Crippen LogP contribution in [-0.4, -0.2) is 14.4 Å². The first-order valence-electron chi connectivity index (χ1n) is 10.6. The Morgan fingerprint density at radius 1 is 0.792 bits per heavy atom. The molecule has 0 amide bonds. The standard InChI is InChI=1S/C22H46OSi/c1-10-12-14-15-17-22(21(9)16-13-11-2)23-24(18(3)4,19(5)6)20(7)8/h18-20,22H,9-17H2,1-8H3. The zero-order chi connectivity index (χ0) is 18.8. The van der Waals surface area contributed by atoms with E-state index in [-0.39, 0.29) is 6.10 Å². The molecule has 0 fully saturated rings. The van der Waals surface area contributed by atoms with Crippen LogP contribution in [0.1, 0.15) is 107 Å². The highest BCUT2D eigenvalue weighted by Crippen LogP contribution is 2.44. The minimum atomic E-state index is -1.82. The molecule has 2 heteroatoms. The largest absolute Gasteiger partial charge is 0.409 e. The van der Waals surface area contributed by atoms with E-state index in [9.17, 15) is 0 Å². The van der Waals surface area contributed by atoms with E-state index in [2.05, 4.69) is 62.0 Å². The van der Waals surface area contributed by atoms with Gasteiger partial charge in [0.15, 0.2) is 0 Å². The maximum Gasteiger partial charge on any atom is 0.201 e. The molecule has 0 aromatic heterocycles. The van der Waals surface area contributed by atoms with Crippen LogP contribution in [0.5, 0.6) is 0 Å². The Hall–Kier alpha value is -0.0831. The summed E-state index contributed by atoms with van der Waals surface area (Å²) in [5, 5.41) is 0. The van der Waals surface area contributed by atoms with Gasteiger partial charge < -0.3 is 4.43 Å². The Bertz CT molecular complexity index is 311. The molecular formula is C22H46OSi. The highest BCUT2D eigenvalue weighted by atomic mass is 28.4. The van der Waals surface area contributed by atoms with Crippen LogP contribution in [-0.2, 0) is 4.43 Å². The van der Waals surface area contributed by atoms with Crippen molar-refractivity contribution in [1.29, 1.82) is 0 Å². The third-order valence-electron chi connectivity index (χ3n) is 5.68. The molecule has 0 aromatic rings. The Balaban J connectivity index is 5.24. The van der Waals surface area contributed by atoms with Gasteiger partial charge in [-0.25, -0.2) is 0 Å². The molecule has 0 bridgehead atoms. The summed E-state index contributed by atoms with van der Waals surface area (Å²) in [6, 6.07) is 0. The van der Waals surface area contributed by atoms with Crippen molar-refractivity contribution in [2.45, 2.75) is 129 Å². The molecule has 0 rings (SSSR count). The van der Waals surface area contributed by atoms with Crippen molar-refractivity contribution in [2.24, 2.45) is 0 Å². The molecule has 0 aromatic carbocycles. The first-order valence-corrected chi connectivity index (χ1v) is 12.7. The van der Waals surface area contributed by atoms with E-state index in [1.54, 1.807) is 0 Å². The molecule has 1 unspecified atom stereocenters. The highest BCUT2D eigenvalue weighted by Gasteiger charge is 2.46. The summed E-state index contributed by atoms with van der Waals surface area (Å²) in [4.78, 5) is 0. The predicted octanol–water partition coefficient (Wildman–Crippen LogP) is 8.26. The lowest BCUT2D eigenvalue weighted by molar-refractivity contribution is 0.188. The van der Waals surface area contributed by atoms with Crippen molar-refractivity contribution in [2.75, 3.05) is 0 Å². The lowest BCUT2D eigenvalue weighted by Crippen LogP contribution is -2.50. The monoisotopic (exact) mass is 354 g/mol. The summed E-state index contributed by atoms with van der Waals surface area (Å²) in [6.07, 6.45) is 10.3. The van der Waals surface area contributed by atoms with E-state index >= 15 is 0 Å². The molecule has 1 nitrogen and oxygen atoms in total. The second kappa shape index (κ2) is 12.3. The van der Waals surface area contributed by atoms with Crippen LogP contribution in [0.25, 0.3) is 0 Å². The Labute approximate surface area is 154 Å². The van der Waals surface area contributed by atoms with Gasteiger partial charge >= 0.3 is 0 Å². The smallest absolute Gasteiger partial charge is 0.201 e. The summed E-state index contributed by atoms with van der Waals surface area (Å²) < 4.78 is 7.10. The minimum absolute atomic E-state index is 0.285. The van der Waals surface area contributed by atoms with Gasteiger partial charge in [-0.15, -0.1) is 0 Å².